The van der Waals surface area contributed by atoms with Crippen LogP contribution in [0.15, 0.2) is 42.6 Å². The van der Waals surface area contributed by atoms with Gasteiger partial charge in [-0.3, -0.25) is 14.6 Å². The number of aromatic nitrogens is 1. The Morgan fingerprint density at radius 2 is 2.14 bits per heavy atom. The monoisotopic (exact) mass is 380 g/mol. The number of benzene rings is 1. The Morgan fingerprint density at radius 3 is 2.96 bits per heavy atom. The summed E-state index contributed by atoms with van der Waals surface area (Å²) in [4.78, 5) is 30.8. The summed E-state index contributed by atoms with van der Waals surface area (Å²) in [6.45, 7) is 5.62. The molecule has 146 valence electrons. The molecule has 2 aliphatic rings. The maximum atomic E-state index is 12.9. The van der Waals surface area contributed by atoms with Crippen LogP contribution in [-0.2, 0) is 4.79 Å². The largest absolute Gasteiger partial charge is 0.487 e. The molecule has 1 atom stereocenters. The first kappa shape index (κ1) is 18.3. The molecule has 0 spiro atoms. The number of carbonyl (C=O) groups excluding carboxylic acids is 2. The van der Waals surface area contributed by atoms with Gasteiger partial charge in [0.1, 0.15) is 17.0 Å². The van der Waals surface area contributed by atoms with E-state index in [1.807, 2.05) is 49.1 Å². The highest BCUT2D eigenvalue weighted by atomic mass is 16.5. The normalized spacial score (nSPS) is 20.6. The van der Waals surface area contributed by atoms with Crippen LogP contribution in [0.1, 0.15) is 42.4 Å². The molecule has 2 aliphatic heterocycles. The molecule has 1 saturated heterocycles. The number of para-hydroxylation sites is 1. The van der Waals surface area contributed by atoms with Crippen LogP contribution in [0.25, 0.3) is 0 Å². The first-order chi connectivity index (χ1) is 13.4. The number of carbonyl (C=O) groups is 2. The minimum absolute atomic E-state index is 0.0184. The van der Waals surface area contributed by atoms with Gasteiger partial charge in [0.15, 0.2) is 0 Å². The Labute approximate surface area is 164 Å². The predicted molar refractivity (Wildman–Crippen MR) is 105 cm³/mol. The third kappa shape index (κ3) is 3.78. The Kier molecular flexibility index (Phi) is 4.66. The van der Waals surface area contributed by atoms with Gasteiger partial charge in [-0.1, -0.05) is 18.2 Å². The molecular formula is C21H24N4O3. The van der Waals surface area contributed by atoms with Gasteiger partial charge in [-0.15, -0.1) is 0 Å². The van der Waals surface area contributed by atoms with Crippen LogP contribution in [-0.4, -0.2) is 42.0 Å². The molecule has 0 bridgehead atoms. The van der Waals surface area contributed by atoms with Gasteiger partial charge < -0.3 is 20.3 Å². The first-order valence-corrected chi connectivity index (χ1v) is 9.48. The van der Waals surface area contributed by atoms with E-state index in [9.17, 15) is 9.59 Å². The lowest BCUT2D eigenvalue weighted by molar-refractivity contribution is -0.120. The van der Waals surface area contributed by atoms with Crippen LogP contribution < -0.4 is 20.3 Å². The van der Waals surface area contributed by atoms with E-state index in [1.54, 1.807) is 12.3 Å². The zero-order valence-electron chi connectivity index (χ0n) is 16.1. The van der Waals surface area contributed by atoms with Crippen molar-refractivity contribution >= 4 is 17.5 Å². The number of amides is 2. The van der Waals surface area contributed by atoms with Gasteiger partial charge in [-0.2, -0.15) is 0 Å². The fraction of sp³-hybridized carbons (Fsp3) is 0.381. The second-order valence-electron chi connectivity index (χ2n) is 7.80. The van der Waals surface area contributed by atoms with E-state index >= 15 is 0 Å². The molecule has 2 N–H and O–H groups in total. The van der Waals surface area contributed by atoms with E-state index in [1.165, 1.54) is 0 Å². The lowest BCUT2D eigenvalue weighted by atomic mass is 9.89. The SMILES string of the molecule is CC1(C)CC(NC(=O)c2cc(N3CCNC(=O)C3)ccn2)c2ccccc2O1. The number of hydrogen-bond acceptors (Lipinski definition) is 5. The quantitative estimate of drug-likeness (QED) is 0.852. The minimum Gasteiger partial charge on any atom is -0.487 e. The number of hydrogen-bond donors (Lipinski definition) is 2. The molecule has 1 fully saturated rings. The summed E-state index contributed by atoms with van der Waals surface area (Å²) in [5.41, 5.74) is 1.76. The molecule has 2 aromatic rings. The van der Waals surface area contributed by atoms with Gasteiger partial charge in [0.25, 0.3) is 5.91 Å². The molecule has 0 aliphatic carbocycles. The maximum Gasteiger partial charge on any atom is 0.270 e. The van der Waals surface area contributed by atoms with Crippen molar-refractivity contribution in [3.63, 3.8) is 0 Å². The smallest absolute Gasteiger partial charge is 0.270 e. The van der Waals surface area contributed by atoms with Crippen LogP contribution in [0, 0.1) is 0 Å². The van der Waals surface area contributed by atoms with E-state index in [-0.39, 0.29) is 30.0 Å². The van der Waals surface area contributed by atoms with Crippen molar-refractivity contribution in [2.24, 2.45) is 0 Å². The number of fused-ring (bicyclic) bond motifs is 1. The summed E-state index contributed by atoms with van der Waals surface area (Å²) in [6.07, 6.45) is 2.28. The number of rotatable bonds is 3. The standard InChI is InChI=1S/C21H24N4O3/c1-21(2)12-17(15-5-3-4-6-18(15)28-21)24-20(27)16-11-14(7-8-22-16)25-10-9-23-19(26)13-25/h3-8,11,17H,9-10,12-13H2,1-2H3,(H,23,26)(H,24,27). The molecule has 7 heteroatoms. The highest BCUT2D eigenvalue weighted by Crippen LogP contribution is 2.39. The number of nitrogens with zero attached hydrogens (tertiary/aromatic N) is 2. The molecule has 2 amide bonds. The minimum atomic E-state index is -0.372. The predicted octanol–water partition coefficient (Wildman–Crippen LogP) is 2.05. The molecule has 7 nitrogen and oxygen atoms in total. The van der Waals surface area contributed by atoms with Gasteiger partial charge in [-0.05, 0) is 32.0 Å². The lowest BCUT2D eigenvalue weighted by Gasteiger charge is -2.37. The van der Waals surface area contributed by atoms with Crippen molar-refractivity contribution in [1.29, 1.82) is 0 Å². The van der Waals surface area contributed by atoms with Crippen LogP contribution in [0.2, 0.25) is 0 Å². The average Bonchev–Trinajstić information content (AvgIpc) is 2.67. The molecule has 4 rings (SSSR count). The van der Waals surface area contributed by atoms with E-state index in [0.29, 0.717) is 25.2 Å². The number of ether oxygens (including phenoxy) is 1. The van der Waals surface area contributed by atoms with Gasteiger partial charge in [-0.25, -0.2) is 0 Å². The van der Waals surface area contributed by atoms with E-state index in [0.717, 1.165) is 17.0 Å². The van der Waals surface area contributed by atoms with E-state index in [4.69, 9.17) is 4.74 Å². The fourth-order valence-corrected chi connectivity index (χ4v) is 3.76. The zero-order valence-corrected chi connectivity index (χ0v) is 16.1. The second-order valence-corrected chi connectivity index (χ2v) is 7.80. The van der Waals surface area contributed by atoms with Crippen molar-refractivity contribution in [3.05, 3.63) is 53.9 Å². The topological polar surface area (TPSA) is 83.6 Å². The third-order valence-electron chi connectivity index (χ3n) is 5.06. The number of anilines is 1. The van der Waals surface area contributed by atoms with Gasteiger partial charge in [0.05, 0.1) is 12.6 Å². The molecule has 1 unspecified atom stereocenters. The van der Waals surface area contributed by atoms with Crippen molar-refractivity contribution in [2.75, 3.05) is 24.5 Å². The van der Waals surface area contributed by atoms with Gasteiger partial charge in [0.2, 0.25) is 5.91 Å². The van der Waals surface area contributed by atoms with Crippen molar-refractivity contribution in [2.45, 2.75) is 31.9 Å². The van der Waals surface area contributed by atoms with E-state index in [2.05, 4.69) is 15.6 Å². The van der Waals surface area contributed by atoms with Crippen LogP contribution >= 0.6 is 0 Å². The Morgan fingerprint density at radius 1 is 1.32 bits per heavy atom. The molecule has 28 heavy (non-hydrogen) atoms. The molecular weight excluding hydrogens is 356 g/mol. The average molecular weight is 380 g/mol. The molecule has 1 aromatic carbocycles. The zero-order chi connectivity index (χ0) is 19.7. The van der Waals surface area contributed by atoms with Gasteiger partial charge in [0, 0.05) is 37.0 Å². The summed E-state index contributed by atoms with van der Waals surface area (Å²) in [5.74, 6) is 0.543. The Bertz CT molecular complexity index is 912. The number of nitrogens with one attached hydrogen (secondary N) is 2. The summed E-state index contributed by atoms with van der Waals surface area (Å²) in [6, 6.07) is 11.2. The summed E-state index contributed by atoms with van der Waals surface area (Å²) in [5, 5.41) is 5.91. The summed E-state index contributed by atoms with van der Waals surface area (Å²) in [7, 11) is 0. The molecule has 0 radical (unpaired) electrons. The molecule has 1 aromatic heterocycles. The maximum absolute atomic E-state index is 12.9. The van der Waals surface area contributed by atoms with Crippen molar-refractivity contribution in [3.8, 4) is 5.75 Å². The lowest BCUT2D eigenvalue weighted by Crippen LogP contribution is -2.47. The third-order valence-corrected chi connectivity index (χ3v) is 5.06. The molecule has 0 saturated carbocycles. The first-order valence-electron chi connectivity index (χ1n) is 9.48. The summed E-state index contributed by atoms with van der Waals surface area (Å²) >= 11 is 0. The Hall–Kier alpha value is -3.09. The van der Waals surface area contributed by atoms with Crippen LogP contribution in [0.4, 0.5) is 5.69 Å². The number of pyridine rings is 1. The van der Waals surface area contributed by atoms with Crippen molar-refractivity contribution < 1.29 is 14.3 Å². The highest BCUT2D eigenvalue weighted by molar-refractivity contribution is 5.93. The van der Waals surface area contributed by atoms with Crippen LogP contribution in [0.3, 0.4) is 0 Å². The Balaban J connectivity index is 1.54. The second kappa shape index (κ2) is 7.14. The molecule has 3 heterocycles. The fourth-order valence-electron chi connectivity index (χ4n) is 3.76. The van der Waals surface area contributed by atoms with Crippen molar-refractivity contribution in [1.82, 2.24) is 15.6 Å². The van der Waals surface area contributed by atoms with Crippen LogP contribution in [0.5, 0.6) is 5.75 Å². The highest BCUT2D eigenvalue weighted by Gasteiger charge is 2.34. The summed E-state index contributed by atoms with van der Waals surface area (Å²) < 4.78 is 6.03. The number of piperazine rings is 1. The van der Waals surface area contributed by atoms with Gasteiger partial charge >= 0.3 is 0 Å². The van der Waals surface area contributed by atoms with E-state index < -0.39 is 0 Å².